The lowest BCUT2D eigenvalue weighted by atomic mass is 10.1. The Morgan fingerprint density at radius 1 is 0.735 bits per heavy atom. The van der Waals surface area contributed by atoms with Gasteiger partial charge in [-0.25, -0.2) is 20.0 Å². The summed E-state index contributed by atoms with van der Waals surface area (Å²) in [4.78, 5) is 30.5. The molecule has 0 saturated heterocycles. The summed E-state index contributed by atoms with van der Waals surface area (Å²) >= 11 is 1.26. The van der Waals surface area contributed by atoms with E-state index in [1.165, 1.54) is 11.3 Å². The fraction of sp³-hybridized carbons (Fsp3) is 0.115. The fourth-order valence-corrected chi connectivity index (χ4v) is 3.91. The van der Waals surface area contributed by atoms with Crippen molar-refractivity contribution < 1.29 is 9.59 Å². The Kier molecular flexibility index (Phi) is 6.89. The maximum atomic E-state index is 13.2. The van der Waals surface area contributed by atoms with Crippen LogP contribution in [0.15, 0.2) is 78.2 Å². The van der Waals surface area contributed by atoms with Crippen molar-refractivity contribution in [1.29, 1.82) is 0 Å². The Morgan fingerprint density at radius 3 is 1.79 bits per heavy atom. The van der Waals surface area contributed by atoms with Crippen molar-refractivity contribution in [2.75, 3.05) is 15.6 Å². The van der Waals surface area contributed by atoms with Crippen molar-refractivity contribution in [3.05, 3.63) is 94.9 Å². The van der Waals surface area contributed by atoms with E-state index in [4.69, 9.17) is 0 Å². The van der Waals surface area contributed by atoms with Crippen molar-refractivity contribution in [3.63, 3.8) is 0 Å². The highest BCUT2D eigenvalue weighted by atomic mass is 32.1. The molecule has 0 bridgehead atoms. The second-order valence-corrected chi connectivity index (χ2v) is 8.78. The number of benzene rings is 3. The number of aryl methyl sites for hydroxylation is 3. The number of nitrogens with one attached hydrogen (secondary N) is 3. The van der Waals surface area contributed by atoms with Crippen molar-refractivity contribution >= 4 is 39.9 Å². The molecule has 0 saturated carbocycles. The number of carbonyl (C=O) groups excluding carboxylic acids is 2. The summed E-state index contributed by atoms with van der Waals surface area (Å²) in [6, 6.07) is 21.6. The fourth-order valence-electron chi connectivity index (χ4n) is 3.12. The summed E-state index contributed by atoms with van der Waals surface area (Å²) in [5.41, 5.74) is 8.79. The van der Waals surface area contributed by atoms with Gasteiger partial charge < -0.3 is 10.6 Å². The quantitative estimate of drug-likeness (QED) is 0.297. The number of hydrazine groups is 1. The van der Waals surface area contributed by atoms with E-state index < -0.39 is 12.1 Å². The molecule has 3 aromatic carbocycles. The van der Waals surface area contributed by atoms with E-state index in [2.05, 4.69) is 21.0 Å². The number of hydrogen-bond donors (Lipinski definition) is 3. The number of amides is 4. The number of anilines is 3. The lowest BCUT2D eigenvalue weighted by Gasteiger charge is -2.21. The minimum Gasteiger partial charge on any atom is -0.307 e. The number of urea groups is 2. The molecule has 34 heavy (non-hydrogen) atoms. The van der Waals surface area contributed by atoms with Gasteiger partial charge in [0.25, 0.3) is 0 Å². The van der Waals surface area contributed by atoms with Gasteiger partial charge in [-0.2, -0.15) is 5.01 Å². The summed E-state index contributed by atoms with van der Waals surface area (Å²) in [7, 11) is 0. The van der Waals surface area contributed by atoms with E-state index in [1.807, 2.05) is 74.7 Å². The average molecular weight is 472 g/mol. The first-order valence-electron chi connectivity index (χ1n) is 10.7. The standard InChI is InChI=1S/C26H25N5O2S/c1-17-4-10-20(11-5-17)23-16-34-26(29-23)31(25(33)28-22-14-8-19(3)9-15-22)30-24(32)27-21-12-6-18(2)7-13-21/h4-16H,1-3H3,(H,28,33)(H2,27,30,32). The number of thiazole rings is 1. The van der Waals surface area contributed by atoms with Gasteiger partial charge in [-0.05, 0) is 45.0 Å². The summed E-state index contributed by atoms with van der Waals surface area (Å²) in [6.45, 7) is 5.95. The zero-order chi connectivity index (χ0) is 24.1. The number of hydrogen-bond acceptors (Lipinski definition) is 4. The van der Waals surface area contributed by atoms with E-state index in [0.717, 1.165) is 27.3 Å². The third kappa shape index (κ3) is 5.79. The molecular formula is C26H25N5O2S. The van der Waals surface area contributed by atoms with Crippen molar-refractivity contribution in [1.82, 2.24) is 10.4 Å². The molecule has 0 fully saturated rings. The summed E-state index contributed by atoms with van der Waals surface area (Å²) in [6.07, 6.45) is 0. The molecule has 0 atom stereocenters. The van der Waals surface area contributed by atoms with Gasteiger partial charge in [0, 0.05) is 22.3 Å². The Morgan fingerprint density at radius 2 is 1.24 bits per heavy atom. The van der Waals surface area contributed by atoms with Crippen LogP contribution in [0.3, 0.4) is 0 Å². The van der Waals surface area contributed by atoms with Crippen LogP contribution in [0.5, 0.6) is 0 Å². The number of carbonyl (C=O) groups is 2. The Hall–Kier alpha value is -4.17. The van der Waals surface area contributed by atoms with E-state index in [-0.39, 0.29) is 0 Å². The minimum absolute atomic E-state index is 0.333. The van der Waals surface area contributed by atoms with Crippen LogP contribution in [0, 0.1) is 20.8 Å². The van der Waals surface area contributed by atoms with Crippen LogP contribution in [0.1, 0.15) is 16.7 Å². The molecule has 7 nitrogen and oxygen atoms in total. The predicted molar refractivity (Wildman–Crippen MR) is 138 cm³/mol. The number of rotatable bonds is 4. The Labute approximate surface area is 202 Å². The van der Waals surface area contributed by atoms with E-state index in [9.17, 15) is 9.59 Å². The van der Waals surface area contributed by atoms with Crippen molar-refractivity contribution in [2.45, 2.75) is 20.8 Å². The second kappa shape index (κ2) is 10.2. The third-order valence-electron chi connectivity index (χ3n) is 5.06. The normalized spacial score (nSPS) is 10.4. The van der Waals surface area contributed by atoms with Crippen LogP contribution in [0.2, 0.25) is 0 Å². The Balaban J connectivity index is 1.57. The Bertz CT molecular complexity index is 1280. The van der Waals surface area contributed by atoms with Crippen LogP contribution in [0.25, 0.3) is 11.3 Å². The minimum atomic E-state index is -0.560. The van der Waals surface area contributed by atoms with E-state index in [0.29, 0.717) is 22.2 Å². The van der Waals surface area contributed by atoms with Crippen LogP contribution in [-0.2, 0) is 0 Å². The molecule has 1 aromatic heterocycles. The highest BCUT2D eigenvalue weighted by Crippen LogP contribution is 2.27. The zero-order valence-corrected chi connectivity index (χ0v) is 19.9. The van der Waals surface area contributed by atoms with Crippen LogP contribution >= 0.6 is 11.3 Å². The first kappa shape index (κ1) is 23.0. The first-order valence-corrected chi connectivity index (χ1v) is 11.6. The molecule has 0 unspecified atom stereocenters. The van der Waals surface area contributed by atoms with Gasteiger partial charge in [0.1, 0.15) is 0 Å². The van der Waals surface area contributed by atoms with Gasteiger partial charge in [-0.3, -0.25) is 0 Å². The van der Waals surface area contributed by atoms with Gasteiger partial charge in [0.2, 0.25) is 5.13 Å². The average Bonchev–Trinajstić information content (AvgIpc) is 3.31. The lowest BCUT2D eigenvalue weighted by molar-refractivity contribution is 0.243. The monoisotopic (exact) mass is 471 g/mol. The second-order valence-electron chi connectivity index (χ2n) is 7.94. The maximum absolute atomic E-state index is 13.2. The summed E-state index contributed by atoms with van der Waals surface area (Å²) in [5.74, 6) is 0. The zero-order valence-electron chi connectivity index (χ0n) is 19.1. The van der Waals surface area contributed by atoms with Crippen LogP contribution in [0.4, 0.5) is 26.1 Å². The molecule has 0 aliphatic carbocycles. The third-order valence-corrected chi connectivity index (χ3v) is 5.89. The molecule has 4 aromatic rings. The smallest absolute Gasteiger partial charge is 0.307 e. The lowest BCUT2D eigenvalue weighted by Crippen LogP contribution is -2.50. The van der Waals surface area contributed by atoms with Gasteiger partial charge in [-0.1, -0.05) is 65.2 Å². The van der Waals surface area contributed by atoms with Gasteiger partial charge in [0.15, 0.2) is 0 Å². The van der Waals surface area contributed by atoms with Crippen LogP contribution < -0.4 is 21.1 Å². The number of nitrogens with zero attached hydrogens (tertiary/aromatic N) is 2. The van der Waals surface area contributed by atoms with Gasteiger partial charge in [0.05, 0.1) is 5.69 Å². The van der Waals surface area contributed by atoms with Crippen LogP contribution in [-0.4, -0.2) is 17.0 Å². The highest BCUT2D eigenvalue weighted by molar-refractivity contribution is 7.14. The van der Waals surface area contributed by atoms with Gasteiger partial charge in [-0.15, -0.1) is 11.3 Å². The topological polar surface area (TPSA) is 86.4 Å². The van der Waals surface area contributed by atoms with Gasteiger partial charge >= 0.3 is 12.1 Å². The molecule has 8 heteroatoms. The summed E-state index contributed by atoms with van der Waals surface area (Å²) < 4.78 is 0. The van der Waals surface area contributed by atoms with E-state index in [1.54, 1.807) is 24.3 Å². The molecule has 0 aliphatic rings. The molecule has 4 amide bonds. The highest BCUT2D eigenvalue weighted by Gasteiger charge is 2.22. The van der Waals surface area contributed by atoms with E-state index >= 15 is 0 Å². The molecular weight excluding hydrogens is 446 g/mol. The van der Waals surface area contributed by atoms with Crippen molar-refractivity contribution in [3.8, 4) is 11.3 Å². The molecule has 4 rings (SSSR count). The number of aromatic nitrogens is 1. The molecule has 0 radical (unpaired) electrons. The first-order chi connectivity index (χ1) is 16.4. The molecule has 0 aliphatic heterocycles. The summed E-state index contributed by atoms with van der Waals surface area (Å²) in [5, 5.41) is 8.86. The van der Waals surface area contributed by atoms with Crippen molar-refractivity contribution in [2.24, 2.45) is 0 Å². The molecule has 3 N–H and O–H groups in total. The molecule has 172 valence electrons. The maximum Gasteiger partial charge on any atom is 0.347 e. The molecule has 1 heterocycles. The largest absolute Gasteiger partial charge is 0.347 e. The molecule has 0 spiro atoms. The SMILES string of the molecule is Cc1ccc(NC(=O)NN(C(=O)Nc2ccc(C)cc2)c2nc(-c3ccc(C)cc3)cs2)cc1. The predicted octanol–water partition coefficient (Wildman–Crippen LogP) is 6.51.